The first-order valence-corrected chi connectivity index (χ1v) is 11.4. The Hall–Kier alpha value is -4.86. The Morgan fingerprint density at radius 1 is 0.789 bits per heavy atom. The zero-order valence-electron chi connectivity index (χ0n) is 19.7. The summed E-state index contributed by atoms with van der Waals surface area (Å²) >= 11 is 0. The van der Waals surface area contributed by atoms with Gasteiger partial charge in [-0.25, -0.2) is 0 Å². The first kappa shape index (κ1) is 26.2. The van der Waals surface area contributed by atoms with Crippen molar-refractivity contribution >= 4 is 39.9 Å². The number of benzene rings is 4. The quantitative estimate of drug-likeness (QED) is 0.253. The molecule has 10 heteroatoms. The minimum absolute atomic E-state index is 0.0304. The van der Waals surface area contributed by atoms with E-state index < -0.39 is 29.9 Å². The van der Waals surface area contributed by atoms with E-state index in [0.29, 0.717) is 11.3 Å². The van der Waals surface area contributed by atoms with Crippen LogP contribution in [0.15, 0.2) is 84.9 Å². The van der Waals surface area contributed by atoms with Crippen LogP contribution in [0.25, 0.3) is 10.8 Å². The Bertz CT molecular complexity index is 1520. The zero-order valence-corrected chi connectivity index (χ0v) is 19.7. The van der Waals surface area contributed by atoms with E-state index in [4.69, 9.17) is 5.11 Å². The first-order chi connectivity index (χ1) is 18.1. The Kier molecular flexibility index (Phi) is 7.61. The number of carboxylic acids is 1. The molecule has 194 valence electrons. The number of carbonyl (C=O) groups is 3. The lowest BCUT2D eigenvalue weighted by Gasteiger charge is -2.15. The summed E-state index contributed by atoms with van der Waals surface area (Å²) in [5.74, 6) is -2.99. The van der Waals surface area contributed by atoms with Gasteiger partial charge in [0.25, 0.3) is 11.8 Å². The van der Waals surface area contributed by atoms with Crippen molar-refractivity contribution in [3.63, 3.8) is 0 Å². The highest BCUT2D eigenvalue weighted by molar-refractivity contribution is 6.13. The van der Waals surface area contributed by atoms with Crippen molar-refractivity contribution in [1.29, 1.82) is 0 Å². The molecule has 0 aliphatic heterocycles. The van der Waals surface area contributed by atoms with Crippen molar-refractivity contribution in [3.8, 4) is 5.75 Å². The van der Waals surface area contributed by atoms with Crippen LogP contribution in [0.1, 0.15) is 32.7 Å². The van der Waals surface area contributed by atoms with Crippen LogP contribution in [0.5, 0.6) is 5.75 Å². The third-order valence-corrected chi connectivity index (χ3v) is 5.54. The van der Waals surface area contributed by atoms with Crippen molar-refractivity contribution in [1.82, 2.24) is 0 Å². The summed E-state index contributed by atoms with van der Waals surface area (Å²) in [6.45, 7) is 0. The predicted molar refractivity (Wildman–Crippen MR) is 135 cm³/mol. The maximum absolute atomic E-state index is 13.1. The van der Waals surface area contributed by atoms with E-state index in [1.165, 1.54) is 0 Å². The van der Waals surface area contributed by atoms with E-state index in [1.807, 2.05) is 24.3 Å². The van der Waals surface area contributed by atoms with E-state index in [1.54, 1.807) is 42.5 Å². The molecule has 0 spiro atoms. The molecule has 0 saturated carbocycles. The van der Waals surface area contributed by atoms with Gasteiger partial charge < -0.3 is 20.5 Å². The maximum Gasteiger partial charge on any atom is 0.573 e. The summed E-state index contributed by atoms with van der Waals surface area (Å²) in [7, 11) is 0. The number of carboxylic acid groups (broad SMARTS) is 1. The van der Waals surface area contributed by atoms with Gasteiger partial charge in [0.15, 0.2) is 0 Å². The summed E-state index contributed by atoms with van der Waals surface area (Å²) < 4.78 is 42.4. The number of aliphatic carboxylic acids is 1. The molecular weight excluding hydrogens is 501 g/mol. The molecule has 0 saturated heterocycles. The highest BCUT2D eigenvalue weighted by atomic mass is 19.4. The number of amides is 2. The molecule has 38 heavy (non-hydrogen) atoms. The molecule has 0 fully saturated rings. The van der Waals surface area contributed by atoms with Gasteiger partial charge in [-0.1, -0.05) is 42.5 Å². The number of ether oxygens (including phenoxy) is 1. The van der Waals surface area contributed by atoms with Gasteiger partial charge in [0.1, 0.15) is 5.75 Å². The molecule has 0 bridgehead atoms. The lowest BCUT2D eigenvalue weighted by Crippen LogP contribution is -2.20. The fourth-order valence-electron chi connectivity index (χ4n) is 3.80. The van der Waals surface area contributed by atoms with E-state index in [9.17, 15) is 27.6 Å². The van der Waals surface area contributed by atoms with Crippen LogP contribution in [0.2, 0.25) is 0 Å². The largest absolute Gasteiger partial charge is 0.573 e. The highest BCUT2D eigenvalue weighted by Crippen LogP contribution is 2.29. The molecule has 4 aromatic carbocycles. The van der Waals surface area contributed by atoms with Crippen molar-refractivity contribution in [2.75, 3.05) is 10.6 Å². The first-order valence-electron chi connectivity index (χ1n) is 11.4. The van der Waals surface area contributed by atoms with Crippen LogP contribution < -0.4 is 15.4 Å². The molecule has 0 aromatic heterocycles. The smallest absolute Gasteiger partial charge is 0.481 e. The molecule has 0 atom stereocenters. The lowest BCUT2D eigenvalue weighted by molar-refractivity contribution is -0.274. The van der Waals surface area contributed by atoms with Gasteiger partial charge in [0.05, 0.1) is 11.3 Å². The average molecular weight is 522 g/mol. The Morgan fingerprint density at radius 2 is 1.55 bits per heavy atom. The minimum atomic E-state index is -4.98. The average Bonchev–Trinajstić information content (AvgIpc) is 2.87. The number of fused-ring (bicyclic) bond motifs is 1. The van der Waals surface area contributed by atoms with Gasteiger partial charge in [-0.2, -0.15) is 0 Å². The molecule has 3 N–H and O–H groups in total. The number of nitrogens with one attached hydrogen (secondary N) is 2. The van der Waals surface area contributed by atoms with Crippen LogP contribution in [-0.2, 0) is 11.2 Å². The number of hydrogen-bond donors (Lipinski definition) is 3. The second kappa shape index (κ2) is 11.0. The van der Waals surface area contributed by atoms with Gasteiger partial charge in [-0.3, -0.25) is 14.4 Å². The van der Waals surface area contributed by atoms with Gasteiger partial charge >= 0.3 is 12.3 Å². The van der Waals surface area contributed by atoms with E-state index in [-0.39, 0.29) is 29.7 Å². The Balaban J connectivity index is 1.61. The molecule has 0 unspecified atom stereocenters. The number of halogens is 3. The Labute approximate surface area is 214 Å². The van der Waals surface area contributed by atoms with Crippen molar-refractivity contribution in [2.24, 2.45) is 0 Å². The van der Waals surface area contributed by atoms with Gasteiger partial charge in [0, 0.05) is 17.7 Å². The topological polar surface area (TPSA) is 105 Å². The number of aryl methyl sites for hydroxylation is 1. The molecule has 7 nitrogen and oxygen atoms in total. The number of alkyl halides is 3. The fourth-order valence-corrected chi connectivity index (χ4v) is 3.80. The van der Waals surface area contributed by atoms with E-state index in [2.05, 4.69) is 15.4 Å². The standard InChI is InChI=1S/C28H21F3N2O5/c29-28(30,31)38-22-11-12-24(33-26(36)20-10-9-18-5-1-2-6-19(18)15-20)23(16-22)27(37)32-21-7-3-4-17(14-21)8-13-25(34)35/h1-7,9-12,14-16H,8,13H2,(H,32,37)(H,33,36)(H,34,35). The summed E-state index contributed by atoms with van der Waals surface area (Å²) in [4.78, 5) is 37.0. The normalized spacial score (nSPS) is 11.1. The van der Waals surface area contributed by atoms with Crippen LogP contribution in [0, 0.1) is 0 Å². The van der Waals surface area contributed by atoms with Crippen LogP contribution in [0.3, 0.4) is 0 Å². The molecule has 0 heterocycles. The van der Waals surface area contributed by atoms with Crippen LogP contribution in [-0.4, -0.2) is 29.3 Å². The zero-order chi connectivity index (χ0) is 27.3. The van der Waals surface area contributed by atoms with Gasteiger partial charge in [-0.15, -0.1) is 13.2 Å². The summed E-state index contributed by atoms with van der Waals surface area (Å²) in [6, 6.07) is 21.8. The minimum Gasteiger partial charge on any atom is -0.481 e. The predicted octanol–water partition coefficient (Wildman–Crippen LogP) is 6.26. The summed E-state index contributed by atoms with van der Waals surface area (Å²) in [5.41, 5.74) is 0.932. The molecule has 0 radical (unpaired) electrons. The molecule has 0 aliphatic carbocycles. The SMILES string of the molecule is O=C(O)CCc1cccc(NC(=O)c2cc(OC(F)(F)F)ccc2NC(=O)c2ccc3ccccc3c2)c1. The monoisotopic (exact) mass is 522 g/mol. The Morgan fingerprint density at radius 3 is 2.29 bits per heavy atom. The van der Waals surface area contributed by atoms with Crippen molar-refractivity contribution < 1.29 is 37.4 Å². The number of rotatable bonds is 8. The summed E-state index contributed by atoms with van der Waals surface area (Å²) in [5, 5.41) is 15.8. The van der Waals surface area contributed by atoms with Gasteiger partial charge in [-0.05, 0) is 65.2 Å². The van der Waals surface area contributed by atoms with Crippen LogP contribution >= 0.6 is 0 Å². The third kappa shape index (κ3) is 6.88. The molecule has 2 amide bonds. The van der Waals surface area contributed by atoms with E-state index in [0.717, 1.165) is 29.0 Å². The molecule has 0 aliphatic rings. The second-order valence-corrected chi connectivity index (χ2v) is 8.32. The number of anilines is 2. The fraction of sp³-hybridized carbons (Fsp3) is 0.107. The number of carbonyl (C=O) groups excluding carboxylic acids is 2. The second-order valence-electron chi connectivity index (χ2n) is 8.32. The van der Waals surface area contributed by atoms with Gasteiger partial charge in [0.2, 0.25) is 0 Å². The maximum atomic E-state index is 13.1. The molecule has 4 aromatic rings. The lowest BCUT2D eigenvalue weighted by atomic mass is 10.1. The van der Waals surface area contributed by atoms with E-state index >= 15 is 0 Å². The molecule has 4 rings (SSSR count). The third-order valence-electron chi connectivity index (χ3n) is 5.54. The highest BCUT2D eigenvalue weighted by Gasteiger charge is 2.31. The number of hydrogen-bond acceptors (Lipinski definition) is 4. The molecular formula is C28H21F3N2O5. The summed E-state index contributed by atoms with van der Waals surface area (Å²) in [6.07, 6.45) is -4.87. The van der Waals surface area contributed by atoms with Crippen molar-refractivity contribution in [3.05, 3.63) is 102 Å². The van der Waals surface area contributed by atoms with Crippen LogP contribution in [0.4, 0.5) is 24.5 Å². The van der Waals surface area contributed by atoms with Crippen molar-refractivity contribution in [2.45, 2.75) is 19.2 Å².